The summed E-state index contributed by atoms with van der Waals surface area (Å²) in [6.07, 6.45) is 6.19. The van der Waals surface area contributed by atoms with E-state index in [1.807, 2.05) is 39.9 Å². The summed E-state index contributed by atoms with van der Waals surface area (Å²) in [4.78, 5) is 19.1. The van der Waals surface area contributed by atoms with Gasteiger partial charge in [-0.05, 0) is 42.7 Å². The van der Waals surface area contributed by atoms with Crippen LogP contribution in [0, 0.1) is 5.82 Å². The molecule has 2 aromatic heterocycles. The van der Waals surface area contributed by atoms with Gasteiger partial charge in [-0.1, -0.05) is 18.2 Å². The molecule has 1 saturated carbocycles. The number of benzene rings is 1. The Hall–Kier alpha value is -2.69. The lowest BCUT2D eigenvalue weighted by atomic mass is 10.1. The van der Waals surface area contributed by atoms with Gasteiger partial charge < -0.3 is 9.30 Å². The third kappa shape index (κ3) is 3.02. The molecule has 0 radical (unpaired) electrons. The highest BCUT2D eigenvalue weighted by Gasteiger charge is 2.33. The van der Waals surface area contributed by atoms with Crippen LogP contribution in [0.25, 0.3) is 5.65 Å². The van der Waals surface area contributed by atoms with Crippen LogP contribution in [0.15, 0.2) is 54.9 Å². The summed E-state index contributed by atoms with van der Waals surface area (Å²) in [6.45, 7) is 0.551. The number of halogens is 1. The van der Waals surface area contributed by atoms with E-state index in [0.29, 0.717) is 19.0 Å². The zero-order valence-corrected chi connectivity index (χ0v) is 13.2. The van der Waals surface area contributed by atoms with Crippen molar-refractivity contribution >= 4 is 11.6 Å². The number of nitrogens with zero attached hydrogens (tertiary/aromatic N) is 3. The zero-order chi connectivity index (χ0) is 16.5. The van der Waals surface area contributed by atoms with Crippen LogP contribution < -0.4 is 0 Å². The fourth-order valence-corrected chi connectivity index (χ4v) is 2.96. The van der Waals surface area contributed by atoms with E-state index in [4.69, 9.17) is 0 Å². The topological polar surface area (TPSA) is 37.6 Å². The fourth-order valence-electron chi connectivity index (χ4n) is 2.96. The number of carbonyl (C=O) groups is 1. The van der Waals surface area contributed by atoms with E-state index in [-0.39, 0.29) is 11.7 Å². The van der Waals surface area contributed by atoms with Crippen molar-refractivity contribution in [1.82, 2.24) is 14.3 Å². The standard InChI is InChI=1S/C19H18FN3O/c20-15-6-4-14(5-7-15)11-19(24)23(16-8-9-16)13-17-12-21-18-3-1-2-10-22(17)18/h1-7,10,12,16H,8-9,11,13H2. The van der Waals surface area contributed by atoms with Gasteiger partial charge in [-0.15, -0.1) is 0 Å². The molecule has 5 heteroatoms. The van der Waals surface area contributed by atoms with E-state index in [9.17, 15) is 9.18 Å². The van der Waals surface area contributed by atoms with Gasteiger partial charge >= 0.3 is 0 Å². The number of aromatic nitrogens is 2. The van der Waals surface area contributed by atoms with Crippen LogP contribution >= 0.6 is 0 Å². The first-order valence-electron chi connectivity index (χ1n) is 8.15. The number of hydrogen-bond donors (Lipinski definition) is 0. The molecule has 0 bridgehead atoms. The summed E-state index contributed by atoms with van der Waals surface area (Å²) >= 11 is 0. The molecule has 2 heterocycles. The van der Waals surface area contributed by atoms with Crippen molar-refractivity contribution in [3.63, 3.8) is 0 Å². The normalized spacial score (nSPS) is 14.0. The van der Waals surface area contributed by atoms with E-state index in [0.717, 1.165) is 29.7 Å². The molecule has 1 aliphatic carbocycles. The number of amides is 1. The number of rotatable bonds is 5. The molecule has 0 N–H and O–H groups in total. The minimum absolute atomic E-state index is 0.0787. The summed E-state index contributed by atoms with van der Waals surface area (Å²) in [6, 6.07) is 12.3. The van der Waals surface area contributed by atoms with E-state index >= 15 is 0 Å². The van der Waals surface area contributed by atoms with Crippen molar-refractivity contribution in [2.24, 2.45) is 0 Å². The third-order valence-corrected chi connectivity index (χ3v) is 4.40. The van der Waals surface area contributed by atoms with Gasteiger partial charge in [-0.3, -0.25) is 4.79 Å². The zero-order valence-electron chi connectivity index (χ0n) is 13.2. The molecule has 3 aromatic rings. The summed E-state index contributed by atoms with van der Waals surface area (Å²) in [5.41, 5.74) is 2.73. The number of imidazole rings is 1. The Morgan fingerprint density at radius 3 is 2.75 bits per heavy atom. The Balaban J connectivity index is 1.54. The van der Waals surface area contributed by atoms with Crippen molar-refractivity contribution in [2.45, 2.75) is 31.8 Å². The van der Waals surface area contributed by atoms with Crippen molar-refractivity contribution in [2.75, 3.05) is 0 Å². The second-order valence-electron chi connectivity index (χ2n) is 6.23. The van der Waals surface area contributed by atoms with E-state index in [1.54, 1.807) is 12.1 Å². The van der Waals surface area contributed by atoms with Crippen LogP contribution in [0.2, 0.25) is 0 Å². The van der Waals surface area contributed by atoms with Crippen LogP contribution in [0.4, 0.5) is 4.39 Å². The van der Waals surface area contributed by atoms with Gasteiger partial charge in [0.25, 0.3) is 0 Å². The van der Waals surface area contributed by atoms with Gasteiger partial charge in [-0.25, -0.2) is 9.37 Å². The molecular weight excluding hydrogens is 305 g/mol. The fraction of sp³-hybridized carbons (Fsp3) is 0.263. The SMILES string of the molecule is O=C(Cc1ccc(F)cc1)N(Cc1cnc2ccccn12)C1CC1. The minimum Gasteiger partial charge on any atom is -0.334 e. The second kappa shape index (κ2) is 6.07. The van der Waals surface area contributed by atoms with Crippen molar-refractivity contribution < 1.29 is 9.18 Å². The molecule has 0 unspecified atom stereocenters. The van der Waals surface area contributed by atoms with Crippen molar-refractivity contribution in [3.8, 4) is 0 Å². The highest BCUT2D eigenvalue weighted by molar-refractivity contribution is 5.79. The smallest absolute Gasteiger partial charge is 0.227 e. The van der Waals surface area contributed by atoms with Crippen molar-refractivity contribution in [3.05, 3.63) is 71.9 Å². The molecule has 24 heavy (non-hydrogen) atoms. The Labute approximate surface area is 139 Å². The van der Waals surface area contributed by atoms with Crippen LogP contribution in [-0.2, 0) is 17.8 Å². The lowest BCUT2D eigenvalue weighted by Gasteiger charge is -2.22. The Morgan fingerprint density at radius 1 is 1.21 bits per heavy atom. The molecule has 0 saturated heterocycles. The minimum atomic E-state index is -0.282. The maximum absolute atomic E-state index is 13.0. The average molecular weight is 323 g/mol. The molecule has 1 aliphatic rings. The van der Waals surface area contributed by atoms with Gasteiger partial charge in [0.1, 0.15) is 11.5 Å². The highest BCUT2D eigenvalue weighted by atomic mass is 19.1. The predicted molar refractivity (Wildman–Crippen MR) is 88.9 cm³/mol. The molecule has 122 valence electrons. The molecule has 0 spiro atoms. The first-order chi connectivity index (χ1) is 11.7. The molecule has 0 atom stereocenters. The number of carbonyl (C=O) groups excluding carboxylic acids is 1. The third-order valence-electron chi connectivity index (χ3n) is 4.40. The Kier molecular flexibility index (Phi) is 3.76. The monoisotopic (exact) mass is 323 g/mol. The molecular formula is C19H18FN3O. The Morgan fingerprint density at radius 2 is 2.00 bits per heavy atom. The summed E-state index contributed by atoms with van der Waals surface area (Å²) in [7, 11) is 0. The summed E-state index contributed by atoms with van der Waals surface area (Å²) < 4.78 is 15.0. The van der Waals surface area contributed by atoms with Crippen LogP contribution in [0.5, 0.6) is 0 Å². The van der Waals surface area contributed by atoms with Crippen molar-refractivity contribution in [1.29, 1.82) is 0 Å². The molecule has 1 fully saturated rings. The first-order valence-corrected chi connectivity index (χ1v) is 8.15. The summed E-state index contributed by atoms with van der Waals surface area (Å²) in [5, 5.41) is 0. The van der Waals surface area contributed by atoms with Crippen LogP contribution in [-0.4, -0.2) is 26.2 Å². The number of hydrogen-bond acceptors (Lipinski definition) is 2. The molecule has 1 amide bonds. The highest BCUT2D eigenvalue weighted by Crippen LogP contribution is 2.29. The predicted octanol–water partition coefficient (Wildman–Crippen LogP) is 3.21. The van der Waals surface area contributed by atoms with Crippen LogP contribution in [0.1, 0.15) is 24.1 Å². The van der Waals surface area contributed by atoms with Gasteiger partial charge in [0, 0.05) is 12.2 Å². The van der Waals surface area contributed by atoms with E-state index in [1.165, 1.54) is 12.1 Å². The lowest BCUT2D eigenvalue weighted by molar-refractivity contribution is -0.131. The molecule has 4 rings (SSSR count). The molecule has 4 nitrogen and oxygen atoms in total. The number of fused-ring (bicyclic) bond motifs is 1. The maximum Gasteiger partial charge on any atom is 0.227 e. The average Bonchev–Trinajstić information content (AvgIpc) is 3.35. The Bertz CT molecular complexity index is 868. The first kappa shape index (κ1) is 14.9. The largest absolute Gasteiger partial charge is 0.334 e. The molecule has 1 aromatic carbocycles. The number of pyridine rings is 1. The van der Waals surface area contributed by atoms with Gasteiger partial charge in [0.2, 0.25) is 5.91 Å². The second-order valence-corrected chi connectivity index (χ2v) is 6.23. The van der Waals surface area contributed by atoms with Gasteiger partial charge in [0.15, 0.2) is 0 Å². The van der Waals surface area contributed by atoms with Crippen LogP contribution in [0.3, 0.4) is 0 Å². The van der Waals surface area contributed by atoms with E-state index < -0.39 is 0 Å². The maximum atomic E-state index is 13.0. The molecule has 0 aliphatic heterocycles. The van der Waals surface area contributed by atoms with Gasteiger partial charge in [-0.2, -0.15) is 0 Å². The quantitative estimate of drug-likeness (QED) is 0.723. The van der Waals surface area contributed by atoms with E-state index in [2.05, 4.69) is 4.98 Å². The lowest BCUT2D eigenvalue weighted by Crippen LogP contribution is -2.34. The van der Waals surface area contributed by atoms with Gasteiger partial charge in [0.05, 0.1) is 24.9 Å². The summed E-state index contributed by atoms with van der Waals surface area (Å²) in [5.74, 6) is -0.203.